The Hall–Kier alpha value is -3.78. The average molecular weight is 449 g/mol. The van der Waals surface area contributed by atoms with Crippen LogP contribution in [0.1, 0.15) is 5.56 Å². The molecular weight excluding hydrogens is 418 g/mol. The van der Waals surface area contributed by atoms with E-state index in [0.717, 1.165) is 29.8 Å². The second-order valence-corrected chi connectivity index (χ2v) is 8.75. The molecule has 0 aliphatic rings. The molecule has 0 N–H and O–H groups in total. The zero-order chi connectivity index (χ0) is 23.8. The Morgan fingerprint density at radius 3 is 2.27 bits per heavy atom. The number of rotatable bonds is 10. The smallest absolute Gasteiger partial charge is 0.269 e. The molecule has 0 aliphatic heterocycles. The molecule has 33 heavy (non-hydrogen) atoms. The van der Waals surface area contributed by atoms with E-state index in [1.54, 1.807) is 19.2 Å². The summed E-state index contributed by atoms with van der Waals surface area (Å²) in [4.78, 5) is 12.7. The normalized spacial score (nSPS) is 11.5. The van der Waals surface area contributed by atoms with Crippen molar-refractivity contribution in [2.45, 2.75) is 6.54 Å². The number of likely N-dealkylation sites (N-methyl/N-ethyl adjacent to an activating group) is 1. The predicted octanol–water partition coefficient (Wildman–Crippen LogP) is 5.73. The van der Waals surface area contributed by atoms with Gasteiger partial charge in [0.2, 0.25) is 0 Å². The van der Waals surface area contributed by atoms with Gasteiger partial charge in [-0.25, -0.2) is 0 Å². The van der Waals surface area contributed by atoms with E-state index in [1.165, 1.54) is 17.7 Å². The second-order valence-electron chi connectivity index (χ2n) is 8.75. The van der Waals surface area contributed by atoms with E-state index in [1.807, 2.05) is 24.3 Å². The van der Waals surface area contributed by atoms with Crippen LogP contribution in [-0.2, 0) is 6.54 Å². The van der Waals surface area contributed by atoms with Gasteiger partial charge in [-0.1, -0.05) is 30.3 Å². The zero-order valence-corrected chi connectivity index (χ0v) is 19.5. The first-order valence-corrected chi connectivity index (χ1v) is 10.7. The zero-order valence-electron chi connectivity index (χ0n) is 19.5. The quantitative estimate of drug-likeness (QED) is 0.172. The van der Waals surface area contributed by atoms with E-state index in [-0.39, 0.29) is 5.69 Å². The molecule has 0 heterocycles. The van der Waals surface area contributed by atoms with Crippen molar-refractivity contribution in [1.29, 1.82) is 0 Å². The number of hydrogen-bond acceptors (Lipinski definition) is 6. The van der Waals surface area contributed by atoms with Crippen molar-refractivity contribution in [3.05, 3.63) is 88.5 Å². The number of nitro groups is 1. The number of quaternary nitrogens is 1. The molecule has 0 unspecified atom stereocenters. The summed E-state index contributed by atoms with van der Waals surface area (Å²) in [6, 6.07) is 22.2. The number of azo groups is 1. The van der Waals surface area contributed by atoms with Crippen molar-refractivity contribution >= 4 is 22.7 Å². The van der Waals surface area contributed by atoms with E-state index < -0.39 is 4.92 Å². The Balaban J connectivity index is 1.84. The van der Waals surface area contributed by atoms with Crippen molar-refractivity contribution < 1.29 is 14.1 Å². The van der Waals surface area contributed by atoms with Crippen molar-refractivity contribution in [1.82, 2.24) is 0 Å². The van der Waals surface area contributed by atoms with Crippen LogP contribution in [0.25, 0.3) is 0 Å². The third-order valence-electron chi connectivity index (χ3n) is 5.12. The molecule has 3 aromatic rings. The number of nitrogens with zero attached hydrogens (tertiary/aromatic N) is 5. The molecule has 0 bridgehead atoms. The second kappa shape index (κ2) is 10.7. The molecule has 8 nitrogen and oxygen atoms in total. The molecule has 0 amide bonds. The van der Waals surface area contributed by atoms with Crippen LogP contribution in [-0.4, -0.2) is 50.7 Å². The number of ether oxygens (including phenoxy) is 1. The molecule has 3 rings (SSSR count). The standard InChI is InChI=1S/C25H30N5O3/c1-30(2,3)17-16-28(19-20-8-6-5-7-9-20)23-14-15-24(25(18-23)33-4)27-26-21-10-12-22(13-11-21)29(31)32/h5-15,18H,16-17,19H2,1-4H3/q+1. The summed E-state index contributed by atoms with van der Waals surface area (Å²) in [6.45, 7) is 2.65. The van der Waals surface area contributed by atoms with Crippen LogP contribution in [0.4, 0.5) is 22.7 Å². The summed E-state index contributed by atoms with van der Waals surface area (Å²) in [5.41, 5.74) is 3.41. The maximum absolute atomic E-state index is 10.8. The lowest BCUT2D eigenvalue weighted by Gasteiger charge is -2.30. The molecule has 0 fully saturated rings. The van der Waals surface area contributed by atoms with E-state index in [9.17, 15) is 10.1 Å². The van der Waals surface area contributed by atoms with Crippen LogP contribution in [0.3, 0.4) is 0 Å². The minimum Gasteiger partial charge on any atom is -0.494 e. The number of hydrogen-bond donors (Lipinski definition) is 0. The summed E-state index contributed by atoms with van der Waals surface area (Å²) in [7, 11) is 8.16. The first-order chi connectivity index (χ1) is 15.7. The SMILES string of the molecule is COc1cc(N(CC[N+](C)(C)C)Cc2ccccc2)ccc1N=Nc1ccc([N+](=O)[O-])cc1. The van der Waals surface area contributed by atoms with Gasteiger partial charge in [-0.2, -0.15) is 5.11 Å². The number of methoxy groups -OCH3 is 1. The monoisotopic (exact) mass is 448 g/mol. The van der Waals surface area contributed by atoms with E-state index in [0.29, 0.717) is 17.1 Å². The van der Waals surface area contributed by atoms with Crippen LogP contribution in [0.2, 0.25) is 0 Å². The molecule has 0 radical (unpaired) electrons. The molecule has 0 aromatic heterocycles. The third kappa shape index (κ3) is 7.11. The van der Waals surface area contributed by atoms with Gasteiger partial charge in [0.25, 0.3) is 5.69 Å². The molecular formula is C25H30N5O3+. The highest BCUT2D eigenvalue weighted by atomic mass is 16.6. The highest BCUT2D eigenvalue weighted by molar-refractivity contribution is 5.62. The molecule has 8 heteroatoms. The fourth-order valence-electron chi connectivity index (χ4n) is 3.22. The number of nitro benzene ring substituents is 1. The summed E-state index contributed by atoms with van der Waals surface area (Å²) >= 11 is 0. The topological polar surface area (TPSA) is 80.3 Å². The van der Waals surface area contributed by atoms with Gasteiger partial charge in [0.1, 0.15) is 11.4 Å². The number of non-ortho nitro benzene ring substituents is 1. The Morgan fingerprint density at radius 2 is 1.67 bits per heavy atom. The molecule has 172 valence electrons. The summed E-state index contributed by atoms with van der Waals surface area (Å²) < 4.78 is 6.46. The van der Waals surface area contributed by atoms with Gasteiger partial charge in [0.05, 0.1) is 52.0 Å². The lowest BCUT2D eigenvalue weighted by atomic mass is 10.1. The Labute approximate surface area is 194 Å². The van der Waals surface area contributed by atoms with Crippen LogP contribution < -0.4 is 9.64 Å². The molecule has 0 aliphatic carbocycles. The third-order valence-corrected chi connectivity index (χ3v) is 5.12. The lowest BCUT2D eigenvalue weighted by molar-refractivity contribution is -0.868. The first-order valence-electron chi connectivity index (χ1n) is 10.7. The van der Waals surface area contributed by atoms with Gasteiger partial charge in [-0.3, -0.25) is 10.1 Å². The average Bonchev–Trinajstić information content (AvgIpc) is 2.80. The van der Waals surface area contributed by atoms with E-state index in [2.05, 4.69) is 60.5 Å². The highest BCUT2D eigenvalue weighted by Gasteiger charge is 2.15. The maximum Gasteiger partial charge on any atom is 0.269 e. The Kier molecular flexibility index (Phi) is 7.74. The Bertz CT molecular complexity index is 1090. The van der Waals surface area contributed by atoms with Gasteiger partial charge in [-0.05, 0) is 29.8 Å². The summed E-state index contributed by atoms with van der Waals surface area (Å²) in [5.74, 6) is 0.612. The molecule has 0 saturated heterocycles. The van der Waals surface area contributed by atoms with Gasteiger partial charge < -0.3 is 14.1 Å². The van der Waals surface area contributed by atoms with E-state index in [4.69, 9.17) is 4.74 Å². The summed E-state index contributed by atoms with van der Waals surface area (Å²) in [6.07, 6.45) is 0. The van der Waals surface area contributed by atoms with Crippen LogP contribution in [0, 0.1) is 10.1 Å². The molecule has 0 atom stereocenters. The van der Waals surface area contributed by atoms with Crippen molar-refractivity contribution in [3.8, 4) is 5.75 Å². The minimum absolute atomic E-state index is 0.0169. The summed E-state index contributed by atoms with van der Waals surface area (Å²) in [5, 5.41) is 19.3. The van der Waals surface area contributed by atoms with Crippen molar-refractivity contribution in [2.75, 3.05) is 46.2 Å². The van der Waals surface area contributed by atoms with Crippen LogP contribution >= 0.6 is 0 Å². The molecule has 3 aromatic carbocycles. The molecule has 0 saturated carbocycles. The number of benzene rings is 3. The van der Waals surface area contributed by atoms with Gasteiger partial charge >= 0.3 is 0 Å². The van der Waals surface area contributed by atoms with Crippen molar-refractivity contribution in [2.24, 2.45) is 10.2 Å². The van der Waals surface area contributed by atoms with Crippen LogP contribution in [0.5, 0.6) is 5.75 Å². The fourth-order valence-corrected chi connectivity index (χ4v) is 3.22. The first kappa shape index (κ1) is 23.9. The minimum atomic E-state index is -0.442. The lowest BCUT2D eigenvalue weighted by Crippen LogP contribution is -2.42. The largest absolute Gasteiger partial charge is 0.494 e. The van der Waals surface area contributed by atoms with Crippen molar-refractivity contribution in [3.63, 3.8) is 0 Å². The van der Waals surface area contributed by atoms with E-state index >= 15 is 0 Å². The van der Waals surface area contributed by atoms with Crippen LogP contribution in [0.15, 0.2) is 83.0 Å². The predicted molar refractivity (Wildman–Crippen MR) is 131 cm³/mol. The number of anilines is 1. The Morgan fingerprint density at radius 1 is 0.970 bits per heavy atom. The van der Waals surface area contributed by atoms with Gasteiger partial charge in [-0.15, -0.1) is 5.11 Å². The van der Waals surface area contributed by atoms with Gasteiger partial charge in [0, 0.05) is 30.4 Å². The van der Waals surface area contributed by atoms with Gasteiger partial charge in [0.15, 0.2) is 0 Å². The molecule has 0 spiro atoms. The fraction of sp³-hybridized carbons (Fsp3) is 0.280. The maximum atomic E-state index is 10.8. The highest BCUT2D eigenvalue weighted by Crippen LogP contribution is 2.34.